The van der Waals surface area contributed by atoms with Gasteiger partial charge in [0, 0.05) is 5.56 Å². The van der Waals surface area contributed by atoms with Crippen LogP contribution in [0.25, 0.3) is 17.2 Å². The summed E-state index contributed by atoms with van der Waals surface area (Å²) in [5.74, 6) is -2.66. The van der Waals surface area contributed by atoms with Gasteiger partial charge >= 0.3 is 5.97 Å². The summed E-state index contributed by atoms with van der Waals surface area (Å²) in [4.78, 5) is 38.3. The van der Waals surface area contributed by atoms with Crippen LogP contribution < -0.4 is 10.6 Å². The maximum atomic E-state index is 13.3. The highest BCUT2D eigenvalue weighted by molar-refractivity contribution is 6.42. The second kappa shape index (κ2) is 14.3. The van der Waals surface area contributed by atoms with Crippen molar-refractivity contribution in [1.29, 1.82) is 0 Å². The van der Waals surface area contributed by atoms with E-state index < -0.39 is 23.8 Å². The molecule has 0 spiro atoms. The first kappa shape index (κ1) is 29.6. The van der Waals surface area contributed by atoms with Gasteiger partial charge in [0.1, 0.15) is 5.70 Å². The zero-order valence-corrected chi connectivity index (χ0v) is 23.2. The predicted molar refractivity (Wildman–Crippen MR) is 159 cm³/mol. The standard InChI is InChI=1S/C32H26Cl2N2O5/c33-26-16-11-22(17-27(26)34)18-28(31(38)36-29(32(39)40)20-41-19-21-7-3-1-4-8-21)35-30(37)25-14-12-24(13-15-25)23-9-5-2-6-10-23/h1-18,29H,19-20H2,(H,35,37)(H,36,38)(H,39,40). The molecule has 4 aromatic carbocycles. The van der Waals surface area contributed by atoms with Crippen LogP contribution in [-0.4, -0.2) is 35.5 Å². The van der Waals surface area contributed by atoms with Crippen LogP contribution in [0.2, 0.25) is 10.0 Å². The molecule has 0 aliphatic rings. The van der Waals surface area contributed by atoms with Gasteiger partial charge in [-0.15, -0.1) is 0 Å². The fraction of sp³-hybridized carbons (Fsp3) is 0.0938. The number of carbonyl (C=O) groups excluding carboxylic acids is 2. The summed E-state index contributed by atoms with van der Waals surface area (Å²) >= 11 is 12.2. The van der Waals surface area contributed by atoms with E-state index in [0.717, 1.165) is 16.7 Å². The molecule has 0 aliphatic heterocycles. The average Bonchev–Trinajstić information content (AvgIpc) is 2.99. The van der Waals surface area contributed by atoms with E-state index in [1.807, 2.05) is 60.7 Å². The Bertz CT molecular complexity index is 1540. The molecular weight excluding hydrogens is 563 g/mol. The van der Waals surface area contributed by atoms with Crippen molar-refractivity contribution in [2.45, 2.75) is 12.6 Å². The Morgan fingerprint density at radius 2 is 1.44 bits per heavy atom. The molecule has 0 aromatic heterocycles. The Balaban J connectivity index is 1.52. The molecule has 3 N–H and O–H groups in total. The summed E-state index contributed by atoms with van der Waals surface area (Å²) in [6.07, 6.45) is 1.39. The average molecular weight is 589 g/mol. The number of carboxylic acids is 1. The number of ether oxygens (including phenoxy) is 1. The van der Waals surface area contributed by atoms with Crippen molar-refractivity contribution in [2.75, 3.05) is 6.61 Å². The van der Waals surface area contributed by atoms with Crippen LogP contribution in [0.1, 0.15) is 21.5 Å². The summed E-state index contributed by atoms with van der Waals surface area (Å²) in [7, 11) is 0. The van der Waals surface area contributed by atoms with E-state index in [0.29, 0.717) is 16.1 Å². The molecule has 208 valence electrons. The number of benzene rings is 4. The molecule has 0 saturated carbocycles. The molecule has 4 rings (SSSR count). The van der Waals surface area contributed by atoms with Crippen LogP contribution in [0.5, 0.6) is 0 Å². The number of amides is 2. The number of rotatable bonds is 11. The lowest BCUT2D eigenvalue weighted by Crippen LogP contribution is -2.46. The molecule has 4 aromatic rings. The van der Waals surface area contributed by atoms with Crippen LogP contribution in [-0.2, 0) is 20.9 Å². The van der Waals surface area contributed by atoms with Gasteiger partial charge in [-0.05, 0) is 52.6 Å². The first-order chi connectivity index (χ1) is 19.8. The van der Waals surface area contributed by atoms with Gasteiger partial charge in [-0.1, -0.05) is 102 Å². The van der Waals surface area contributed by atoms with Crippen molar-refractivity contribution < 1.29 is 24.2 Å². The van der Waals surface area contributed by atoms with E-state index in [9.17, 15) is 19.5 Å². The second-order valence-corrected chi connectivity index (χ2v) is 9.81. The largest absolute Gasteiger partial charge is 0.480 e. The third-order valence-corrected chi connectivity index (χ3v) is 6.74. The highest BCUT2D eigenvalue weighted by atomic mass is 35.5. The Morgan fingerprint density at radius 1 is 0.805 bits per heavy atom. The summed E-state index contributed by atoms with van der Waals surface area (Å²) in [6.45, 7) is -0.118. The summed E-state index contributed by atoms with van der Waals surface area (Å²) in [6, 6.07) is 29.1. The molecule has 0 fully saturated rings. The molecule has 0 radical (unpaired) electrons. The molecule has 1 atom stereocenters. The van der Waals surface area contributed by atoms with Crippen LogP contribution in [0.3, 0.4) is 0 Å². The van der Waals surface area contributed by atoms with E-state index in [1.54, 1.807) is 36.4 Å². The van der Waals surface area contributed by atoms with Crippen molar-refractivity contribution in [1.82, 2.24) is 10.6 Å². The van der Waals surface area contributed by atoms with Crippen LogP contribution in [0.15, 0.2) is 109 Å². The van der Waals surface area contributed by atoms with E-state index in [4.69, 9.17) is 27.9 Å². The molecule has 2 amide bonds. The third-order valence-electron chi connectivity index (χ3n) is 6.00. The van der Waals surface area contributed by atoms with Crippen molar-refractivity contribution >= 4 is 47.1 Å². The molecule has 41 heavy (non-hydrogen) atoms. The van der Waals surface area contributed by atoms with E-state index in [1.165, 1.54) is 12.1 Å². The van der Waals surface area contributed by atoms with Crippen molar-refractivity contribution in [3.05, 3.63) is 136 Å². The first-order valence-corrected chi connectivity index (χ1v) is 13.3. The maximum absolute atomic E-state index is 13.3. The lowest BCUT2D eigenvalue weighted by Gasteiger charge is -2.17. The highest BCUT2D eigenvalue weighted by Gasteiger charge is 2.24. The Labute approximate surface area is 247 Å². The minimum atomic E-state index is -1.37. The van der Waals surface area contributed by atoms with Gasteiger partial charge in [-0.2, -0.15) is 0 Å². The smallest absolute Gasteiger partial charge is 0.328 e. The Morgan fingerprint density at radius 3 is 2.07 bits per heavy atom. The Kier molecular flexibility index (Phi) is 10.3. The number of hydrogen-bond donors (Lipinski definition) is 3. The fourth-order valence-electron chi connectivity index (χ4n) is 3.85. The molecule has 0 saturated heterocycles. The zero-order chi connectivity index (χ0) is 29.2. The van der Waals surface area contributed by atoms with E-state index in [2.05, 4.69) is 10.6 Å². The number of halogens is 2. The van der Waals surface area contributed by atoms with Gasteiger partial charge < -0.3 is 20.5 Å². The number of carbonyl (C=O) groups is 3. The van der Waals surface area contributed by atoms with Gasteiger partial charge in [-0.3, -0.25) is 9.59 Å². The van der Waals surface area contributed by atoms with Gasteiger partial charge in [-0.25, -0.2) is 4.79 Å². The monoisotopic (exact) mass is 588 g/mol. The summed E-state index contributed by atoms with van der Waals surface area (Å²) in [5, 5.41) is 15.3. The molecular formula is C32H26Cl2N2O5. The number of hydrogen-bond acceptors (Lipinski definition) is 4. The molecule has 7 nitrogen and oxygen atoms in total. The molecule has 0 heterocycles. The Hall–Kier alpha value is -4.43. The fourth-order valence-corrected chi connectivity index (χ4v) is 4.15. The molecule has 1 unspecified atom stereocenters. The lowest BCUT2D eigenvalue weighted by atomic mass is 10.0. The third kappa shape index (κ3) is 8.53. The van der Waals surface area contributed by atoms with Gasteiger partial charge in [0.25, 0.3) is 11.8 Å². The molecule has 0 aliphatic carbocycles. The quantitative estimate of drug-likeness (QED) is 0.180. The van der Waals surface area contributed by atoms with Crippen molar-refractivity contribution in [2.24, 2.45) is 0 Å². The summed E-state index contributed by atoms with van der Waals surface area (Å²) in [5.41, 5.74) is 3.36. The minimum absolute atomic E-state index is 0.169. The highest BCUT2D eigenvalue weighted by Crippen LogP contribution is 2.24. The van der Waals surface area contributed by atoms with Gasteiger partial charge in [0.2, 0.25) is 0 Å². The van der Waals surface area contributed by atoms with Crippen LogP contribution in [0, 0.1) is 0 Å². The van der Waals surface area contributed by atoms with Gasteiger partial charge in [0.05, 0.1) is 23.3 Å². The van der Waals surface area contributed by atoms with Gasteiger partial charge in [0.15, 0.2) is 6.04 Å². The van der Waals surface area contributed by atoms with Crippen molar-refractivity contribution in [3.8, 4) is 11.1 Å². The summed E-state index contributed by atoms with van der Waals surface area (Å²) < 4.78 is 5.53. The first-order valence-electron chi connectivity index (χ1n) is 12.6. The normalized spacial score (nSPS) is 11.9. The molecule has 9 heteroatoms. The van der Waals surface area contributed by atoms with Crippen LogP contribution >= 0.6 is 23.2 Å². The number of nitrogens with one attached hydrogen (secondary N) is 2. The van der Waals surface area contributed by atoms with E-state index in [-0.39, 0.29) is 23.9 Å². The SMILES string of the molecule is O=C(NC(COCc1ccccc1)C(=O)O)C(=Cc1ccc(Cl)c(Cl)c1)NC(=O)c1ccc(-c2ccccc2)cc1. The predicted octanol–water partition coefficient (Wildman–Crippen LogP) is 6.22. The number of aliphatic carboxylic acids is 1. The lowest BCUT2D eigenvalue weighted by molar-refractivity contribution is -0.143. The maximum Gasteiger partial charge on any atom is 0.328 e. The molecule has 0 bridgehead atoms. The van der Waals surface area contributed by atoms with Crippen LogP contribution in [0.4, 0.5) is 0 Å². The van der Waals surface area contributed by atoms with E-state index >= 15 is 0 Å². The minimum Gasteiger partial charge on any atom is -0.480 e. The van der Waals surface area contributed by atoms with Crippen molar-refractivity contribution in [3.63, 3.8) is 0 Å². The topological polar surface area (TPSA) is 105 Å². The second-order valence-electron chi connectivity index (χ2n) is 8.99. The number of carboxylic acid groups (broad SMARTS) is 1. The zero-order valence-electron chi connectivity index (χ0n) is 21.7.